The van der Waals surface area contributed by atoms with Gasteiger partial charge in [0.05, 0.1) is 6.54 Å². The number of benzene rings is 1. The van der Waals surface area contributed by atoms with Crippen LogP contribution in [0.5, 0.6) is 0 Å². The van der Waals surface area contributed by atoms with Crippen LogP contribution < -0.4 is 15.5 Å². The number of hydrogen-bond acceptors (Lipinski definition) is 6. The highest BCUT2D eigenvalue weighted by Crippen LogP contribution is 2.19. The number of aromatic nitrogens is 2. The van der Waals surface area contributed by atoms with Crippen molar-refractivity contribution in [2.45, 2.75) is 32.9 Å². The summed E-state index contributed by atoms with van der Waals surface area (Å²) in [6, 6.07) is 8.42. The molecular formula is C15H23N5O. The van der Waals surface area contributed by atoms with Crippen molar-refractivity contribution in [2.75, 3.05) is 24.3 Å². The van der Waals surface area contributed by atoms with Gasteiger partial charge in [-0.15, -0.1) is 5.10 Å². The summed E-state index contributed by atoms with van der Waals surface area (Å²) in [6.45, 7) is 6.83. The SMILES string of the molecule is CN(C)c1ccc(Nc2nnc(CNC(C)(C)C)o2)cc1. The van der Waals surface area contributed by atoms with E-state index < -0.39 is 0 Å². The molecule has 0 radical (unpaired) electrons. The molecule has 0 unspecified atom stereocenters. The standard InChI is InChI=1S/C15H23N5O/c1-15(2,3)16-10-13-18-19-14(21-13)17-11-6-8-12(9-7-11)20(4)5/h6-9,16H,10H2,1-5H3,(H,17,19). The van der Waals surface area contributed by atoms with Crippen LogP contribution in [0.1, 0.15) is 26.7 Å². The molecule has 0 saturated heterocycles. The van der Waals surface area contributed by atoms with Crippen molar-refractivity contribution < 1.29 is 4.42 Å². The summed E-state index contributed by atoms with van der Waals surface area (Å²) in [5.41, 5.74) is 2.07. The van der Waals surface area contributed by atoms with Gasteiger partial charge in [-0.1, -0.05) is 5.10 Å². The van der Waals surface area contributed by atoms with Gasteiger partial charge in [-0.3, -0.25) is 0 Å². The van der Waals surface area contributed by atoms with E-state index in [2.05, 4.69) is 41.6 Å². The Morgan fingerprint density at radius 3 is 2.33 bits per heavy atom. The van der Waals surface area contributed by atoms with Gasteiger partial charge in [-0.2, -0.15) is 0 Å². The molecule has 0 atom stereocenters. The Morgan fingerprint density at radius 1 is 1.10 bits per heavy atom. The highest BCUT2D eigenvalue weighted by Gasteiger charge is 2.12. The highest BCUT2D eigenvalue weighted by molar-refractivity contribution is 5.58. The number of anilines is 3. The Balaban J connectivity index is 1.96. The maximum Gasteiger partial charge on any atom is 0.320 e. The lowest BCUT2D eigenvalue weighted by Crippen LogP contribution is -2.35. The van der Waals surface area contributed by atoms with Gasteiger partial charge in [0.1, 0.15) is 0 Å². The highest BCUT2D eigenvalue weighted by atomic mass is 16.4. The molecule has 114 valence electrons. The lowest BCUT2D eigenvalue weighted by Gasteiger charge is -2.18. The minimum absolute atomic E-state index is 0.0179. The Bertz CT molecular complexity index is 568. The summed E-state index contributed by atoms with van der Waals surface area (Å²) in [6.07, 6.45) is 0. The van der Waals surface area contributed by atoms with E-state index in [1.54, 1.807) is 0 Å². The molecule has 0 saturated carbocycles. The molecule has 2 N–H and O–H groups in total. The minimum atomic E-state index is 0.0179. The summed E-state index contributed by atoms with van der Waals surface area (Å²) < 4.78 is 5.55. The van der Waals surface area contributed by atoms with Crippen molar-refractivity contribution in [1.82, 2.24) is 15.5 Å². The molecule has 0 bridgehead atoms. The molecule has 1 heterocycles. The van der Waals surface area contributed by atoms with E-state index in [1.807, 2.05) is 43.3 Å². The van der Waals surface area contributed by atoms with Crippen molar-refractivity contribution in [3.05, 3.63) is 30.2 Å². The lowest BCUT2D eigenvalue weighted by atomic mass is 10.1. The van der Waals surface area contributed by atoms with Crippen LogP contribution in [-0.4, -0.2) is 29.8 Å². The average Bonchev–Trinajstić information content (AvgIpc) is 2.84. The molecule has 1 aromatic carbocycles. The Morgan fingerprint density at radius 2 is 1.76 bits per heavy atom. The fourth-order valence-electron chi connectivity index (χ4n) is 1.68. The first-order valence-corrected chi connectivity index (χ1v) is 6.95. The van der Waals surface area contributed by atoms with Gasteiger partial charge in [0, 0.05) is 31.0 Å². The maximum absolute atomic E-state index is 5.55. The zero-order valence-corrected chi connectivity index (χ0v) is 13.3. The van der Waals surface area contributed by atoms with Gasteiger partial charge in [0.2, 0.25) is 5.89 Å². The molecule has 1 aromatic heterocycles. The molecular weight excluding hydrogens is 266 g/mol. The molecule has 21 heavy (non-hydrogen) atoms. The quantitative estimate of drug-likeness (QED) is 0.882. The van der Waals surface area contributed by atoms with Crippen molar-refractivity contribution in [1.29, 1.82) is 0 Å². The number of nitrogens with zero attached hydrogens (tertiary/aromatic N) is 3. The number of nitrogens with one attached hydrogen (secondary N) is 2. The van der Waals surface area contributed by atoms with Gasteiger partial charge >= 0.3 is 6.01 Å². The van der Waals surface area contributed by atoms with Crippen LogP contribution in [0.3, 0.4) is 0 Å². The number of hydrogen-bond donors (Lipinski definition) is 2. The first kappa shape index (κ1) is 15.3. The van der Waals surface area contributed by atoms with Crippen molar-refractivity contribution in [3.63, 3.8) is 0 Å². The zero-order valence-electron chi connectivity index (χ0n) is 13.3. The summed E-state index contributed by atoms with van der Waals surface area (Å²) >= 11 is 0. The second-order valence-corrected chi connectivity index (χ2v) is 6.17. The van der Waals surface area contributed by atoms with Crippen LogP contribution in [-0.2, 0) is 6.54 Å². The molecule has 6 nitrogen and oxygen atoms in total. The van der Waals surface area contributed by atoms with E-state index in [0.29, 0.717) is 18.5 Å². The number of rotatable bonds is 5. The fourth-order valence-corrected chi connectivity index (χ4v) is 1.68. The summed E-state index contributed by atoms with van der Waals surface area (Å²) in [4.78, 5) is 2.05. The van der Waals surface area contributed by atoms with E-state index in [1.165, 1.54) is 0 Å². The lowest BCUT2D eigenvalue weighted by molar-refractivity contribution is 0.384. The largest absolute Gasteiger partial charge is 0.406 e. The first-order valence-electron chi connectivity index (χ1n) is 6.95. The van der Waals surface area contributed by atoms with Gasteiger partial charge < -0.3 is 20.0 Å². The second kappa shape index (κ2) is 6.13. The predicted octanol–water partition coefficient (Wildman–Crippen LogP) is 2.77. The third-order valence-electron chi connectivity index (χ3n) is 2.87. The molecule has 0 aliphatic rings. The Kier molecular flexibility index (Phi) is 4.47. The smallest absolute Gasteiger partial charge is 0.320 e. The van der Waals surface area contributed by atoms with E-state index in [-0.39, 0.29) is 5.54 Å². The maximum atomic E-state index is 5.55. The minimum Gasteiger partial charge on any atom is -0.406 e. The summed E-state index contributed by atoms with van der Waals surface area (Å²) in [5, 5.41) is 14.4. The summed E-state index contributed by atoms with van der Waals surface area (Å²) in [5.74, 6) is 0.567. The second-order valence-electron chi connectivity index (χ2n) is 6.17. The Hall–Kier alpha value is -2.08. The van der Waals surface area contributed by atoms with Crippen LogP contribution in [0.4, 0.5) is 17.4 Å². The molecule has 6 heteroatoms. The molecule has 0 amide bonds. The van der Waals surface area contributed by atoms with Crippen LogP contribution in [0.25, 0.3) is 0 Å². The predicted molar refractivity (Wildman–Crippen MR) is 84.9 cm³/mol. The van der Waals surface area contributed by atoms with Crippen LogP contribution in [0, 0.1) is 0 Å². The van der Waals surface area contributed by atoms with Gasteiger partial charge in [-0.05, 0) is 45.0 Å². The van der Waals surface area contributed by atoms with Crippen molar-refractivity contribution in [3.8, 4) is 0 Å². The molecule has 2 rings (SSSR count). The zero-order chi connectivity index (χ0) is 15.5. The van der Waals surface area contributed by atoms with Gasteiger partial charge in [0.15, 0.2) is 0 Å². The molecule has 0 fully saturated rings. The molecule has 0 spiro atoms. The van der Waals surface area contributed by atoms with Crippen LogP contribution >= 0.6 is 0 Å². The Labute approximate surface area is 125 Å². The first-order chi connectivity index (χ1) is 9.83. The topological polar surface area (TPSA) is 66.2 Å². The van der Waals surface area contributed by atoms with Gasteiger partial charge in [-0.25, -0.2) is 0 Å². The molecule has 0 aliphatic carbocycles. The van der Waals surface area contributed by atoms with E-state index in [9.17, 15) is 0 Å². The van der Waals surface area contributed by atoms with E-state index in [0.717, 1.165) is 11.4 Å². The third-order valence-corrected chi connectivity index (χ3v) is 2.87. The monoisotopic (exact) mass is 289 g/mol. The summed E-state index contributed by atoms with van der Waals surface area (Å²) in [7, 11) is 4.02. The van der Waals surface area contributed by atoms with Crippen molar-refractivity contribution >= 4 is 17.4 Å². The average molecular weight is 289 g/mol. The molecule has 0 aliphatic heterocycles. The van der Waals surface area contributed by atoms with Crippen molar-refractivity contribution in [2.24, 2.45) is 0 Å². The third kappa shape index (κ3) is 4.75. The normalized spacial score (nSPS) is 11.5. The van der Waals surface area contributed by atoms with E-state index >= 15 is 0 Å². The van der Waals surface area contributed by atoms with Gasteiger partial charge in [0.25, 0.3) is 0 Å². The van der Waals surface area contributed by atoms with Crippen LogP contribution in [0.15, 0.2) is 28.7 Å². The molecule has 2 aromatic rings. The van der Waals surface area contributed by atoms with Crippen LogP contribution in [0.2, 0.25) is 0 Å². The fraction of sp³-hybridized carbons (Fsp3) is 0.467. The van der Waals surface area contributed by atoms with E-state index in [4.69, 9.17) is 4.42 Å².